The predicted octanol–water partition coefficient (Wildman–Crippen LogP) is 4.94. The molecule has 0 amide bonds. The van der Waals surface area contributed by atoms with Crippen LogP contribution in [-0.4, -0.2) is 18.5 Å². The summed E-state index contributed by atoms with van der Waals surface area (Å²) in [7, 11) is 0. The molecule has 0 saturated carbocycles. The monoisotopic (exact) mass is 280 g/mol. The SMILES string of the molecule is ClCCCC[Si](Cl)(Cl)CCCCCl. The number of hydrogen-bond donors (Lipinski definition) is 0. The third-order valence-electron chi connectivity index (χ3n) is 1.85. The van der Waals surface area contributed by atoms with Crippen LogP contribution in [0.4, 0.5) is 0 Å². The first kappa shape index (κ1) is 14.4. The first-order chi connectivity index (χ1) is 6.12. The molecule has 5 heteroatoms. The average molecular weight is 282 g/mol. The minimum absolute atomic E-state index is 0.708. The molecule has 0 atom stereocenters. The molecule has 0 aromatic heterocycles. The molecule has 0 aromatic carbocycles. The Morgan fingerprint density at radius 1 is 0.692 bits per heavy atom. The van der Waals surface area contributed by atoms with Crippen molar-refractivity contribution < 1.29 is 0 Å². The van der Waals surface area contributed by atoms with E-state index in [9.17, 15) is 0 Å². The maximum atomic E-state index is 6.23. The fourth-order valence-corrected chi connectivity index (χ4v) is 4.85. The predicted molar refractivity (Wildman–Crippen MR) is 67.0 cm³/mol. The Kier molecular flexibility index (Phi) is 9.58. The van der Waals surface area contributed by atoms with E-state index in [-0.39, 0.29) is 0 Å². The largest absolute Gasteiger partial charge is 0.251 e. The molecule has 0 N–H and O–H groups in total. The lowest BCUT2D eigenvalue weighted by Gasteiger charge is -2.15. The van der Waals surface area contributed by atoms with Crippen LogP contribution in [-0.2, 0) is 0 Å². The number of halogens is 4. The molecule has 13 heavy (non-hydrogen) atoms. The summed E-state index contributed by atoms with van der Waals surface area (Å²) in [6.45, 7) is -1.95. The molecule has 0 aliphatic rings. The van der Waals surface area contributed by atoms with Gasteiger partial charge in [0.1, 0.15) is 0 Å². The van der Waals surface area contributed by atoms with Crippen LogP contribution in [0.1, 0.15) is 25.7 Å². The van der Waals surface area contributed by atoms with Gasteiger partial charge in [-0.1, -0.05) is 12.8 Å². The van der Waals surface area contributed by atoms with Crippen molar-refractivity contribution in [1.82, 2.24) is 0 Å². The lowest BCUT2D eigenvalue weighted by Crippen LogP contribution is -2.18. The van der Waals surface area contributed by atoms with Gasteiger partial charge in [0.2, 0.25) is 0 Å². The minimum atomic E-state index is -1.95. The standard InChI is InChI=1S/C8H16Cl4Si/c9-5-1-3-7-13(11,12)8-4-2-6-10/h1-8H2. The molecule has 0 aliphatic carbocycles. The van der Waals surface area contributed by atoms with Crippen molar-refractivity contribution in [2.75, 3.05) is 11.8 Å². The molecule has 0 heterocycles. The summed E-state index contributed by atoms with van der Waals surface area (Å²) in [5.74, 6) is 1.42. The number of rotatable bonds is 8. The minimum Gasteiger partial charge on any atom is -0.146 e. The second-order valence-electron chi connectivity index (χ2n) is 3.15. The molecule has 0 aliphatic heterocycles. The van der Waals surface area contributed by atoms with Gasteiger partial charge in [0.25, 0.3) is 6.69 Å². The van der Waals surface area contributed by atoms with Gasteiger partial charge in [-0.2, -0.15) is 0 Å². The third-order valence-corrected chi connectivity index (χ3v) is 6.82. The Labute approximate surface area is 101 Å². The summed E-state index contributed by atoms with van der Waals surface area (Å²) >= 11 is 23.6. The molecule has 0 saturated heterocycles. The Morgan fingerprint density at radius 2 is 1.08 bits per heavy atom. The van der Waals surface area contributed by atoms with Gasteiger partial charge in [-0.05, 0) is 24.9 Å². The van der Waals surface area contributed by atoms with Crippen molar-refractivity contribution in [2.45, 2.75) is 37.8 Å². The van der Waals surface area contributed by atoms with Gasteiger partial charge in [0.05, 0.1) is 0 Å². The average Bonchev–Trinajstić information content (AvgIpc) is 2.05. The van der Waals surface area contributed by atoms with E-state index >= 15 is 0 Å². The summed E-state index contributed by atoms with van der Waals surface area (Å²) < 4.78 is 0. The highest BCUT2D eigenvalue weighted by molar-refractivity contribution is 7.45. The molecular weight excluding hydrogens is 266 g/mol. The van der Waals surface area contributed by atoms with Gasteiger partial charge in [0.15, 0.2) is 0 Å². The molecule has 0 rings (SSSR count). The van der Waals surface area contributed by atoms with E-state index in [0.29, 0.717) is 11.8 Å². The smallest absolute Gasteiger partial charge is 0.146 e. The summed E-state index contributed by atoms with van der Waals surface area (Å²) in [6.07, 6.45) is 4.16. The van der Waals surface area contributed by atoms with Crippen molar-refractivity contribution in [3.05, 3.63) is 0 Å². The van der Waals surface area contributed by atoms with Gasteiger partial charge in [-0.15, -0.1) is 45.4 Å². The van der Waals surface area contributed by atoms with Crippen LogP contribution in [0.25, 0.3) is 0 Å². The van der Waals surface area contributed by atoms with E-state index < -0.39 is 6.69 Å². The van der Waals surface area contributed by atoms with Crippen molar-refractivity contribution in [3.63, 3.8) is 0 Å². The van der Waals surface area contributed by atoms with E-state index in [0.717, 1.165) is 37.8 Å². The van der Waals surface area contributed by atoms with Crippen LogP contribution >= 0.6 is 45.4 Å². The second-order valence-corrected chi connectivity index (χ2v) is 11.5. The quantitative estimate of drug-likeness (QED) is 0.256. The van der Waals surface area contributed by atoms with Crippen molar-refractivity contribution in [3.8, 4) is 0 Å². The van der Waals surface area contributed by atoms with Crippen LogP contribution < -0.4 is 0 Å². The number of alkyl halides is 2. The third kappa shape index (κ3) is 9.68. The highest BCUT2D eigenvalue weighted by atomic mass is 35.7. The lowest BCUT2D eigenvalue weighted by atomic mass is 10.4. The van der Waals surface area contributed by atoms with Crippen LogP contribution in [0.15, 0.2) is 0 Å². The second kappa shape index (κ2) is 8.67. The maximum Gasteiger partial charge on any atom is 0.251 e. The van der Waals surface area contributed by atoms with Crippen LogP contribution in [0.2, 0.25) is 12.1 Å². The van der Waals surface area contributed by atoms with Gasteiger partial charge >= 0.3 is 0 Å². The Morgan fingerprint density at radius 3 is 1.38 bits per heavy atom. The summed E-state index contributed by atoms with van der Waals surface area (Å²) in [6, 6.07) is 1.93. The van der Waals surface area contributed by atoms with Gasteiger partial charge in [0, 0.05) is 11.8 Å². The zero-order chi connectivity index (χ0) is 10.2. The maximum absolute atomic E-state index is 6.23. The van der Waals surface area contributed by atoms with E-state index in [1.165, 1.54) is 0 Å². The Balaban J connectivity index is 3.42. The van der Waals surface area contributed by atoms with E-state index in [2.05, 4.69) is 0 Å². The molecule has 0 radical (unpaired) electrons. The number of hydrogen-bond acceptors (Lipinski definition) is 0. The lowest BCUT2D eigenvalue weighted by molar-refractivity contribution is 0.851. The van der Waals surface area contributed by atoms with E-state index in [1.807, 2.05) is 0 Å². The molecule has 0 aromatic rings. The summed E-state index contributed by atoms with van der Waals surface area (Å²) in [5, 5.41) is 0. The number of unbranched alkanes of at least 4 members (excludes halogenated alkanes) is 2. The molecule has 0 nitrogen and oxygen atoms in total. The van der Waals surface area contributed by atoms with Gasteiger partial charge < -0.3 is 0 Å². The first-order valence-corrected chi connectivity index (χ1v) is 10.1. The topological polar surface area (TPSA) is 0 Å². The van der Waals surface area contributed by atoms with Crippen molar-refractivity contribution >= 4 is 52.1 Å². The highest BCUT2D eigenvalue weighted by Gasteiger charge is 2.26. The fourth-order valence-electron chi connectivity index (χ4n) is 1.08. The molecular formula is C8H16Cl4Si. The zero-order valence-corrected chi connectivity index (χ0v) is 11.7. The van der Waals surface area contributed by atoms with Crippen LogP contribution in [0, 0.1) is 0 Å². The van der Waals surface area contributed by atoms with Crippen LogP contribution in [0.3, 0.4) is 0 Å². The molecule has 0 fully saturated rings. The van der Waals surface area contributed by atoms with Crippen LogP contribution in [0.5, 0.6) is 0 Å². The molecule has 0 bridgehead atoms. The molecule has 0 spiro atoms. The molecule has 80 valence electrons. The van der Waals surface area contributed by atoms with E-state index in [1.54, 1.807) is 0 Å². The van der Waals surface area contributed by atoms with Crippen molar-refractivity contribution in [2.24, 2.45) is 0 Å². The Bertz CT molecular complexity index is 107. The van der Waals surface area contributed by atoms with Gasteiger partial charge in [-0.3, -0.25) is 0 Å². The van der Waals surface area contributed by atoms with Gasteiger partial charge in [-0.25, -0.2) is 0 Å². The normalized spacial score (nSPS) is 12.0. The van der Waals surface area contributed by atoms with E-state index in [4.69, 9.17) is 45.4 Å². The van der Waals surface area contributed by atoms with Crippen molar-refractivity contribution in [1.29, 1.82) is 0 Å². The Hall–Kier alpha value is 1.38. The summed E-state index contributed by atoms with van der Waals surface area (Å²) in [5.41, 5.74) is 0. The molecule has 0 unspecified atom stereocenters. The zero-order valence-electron chi connectivity index (χ0n) is 7.67. The first-order valence-electron chi connectivity index (χ1n) is 4.62. The fraction of sp³-hybridized carbons (Fsp3) is 1.00. The highest BCUT2D eigenvalue weighted by Crippen LogP contribution is 2.29. The summed E-state index contributed by atoms with van der Waals surface area (Å²) in [4.78, 5) is 0.